The molecule has 9 heteroatoms. The molecule has 0 unspecified atom stereocenters. The lowest BCUT2D eigenvalue weighted by atomic mass is 10.2. The Hall–Kier alpha value is -3.10. The summed E-state index contributed by atoms with van der Waals surface area (Å²) >= 11 is 0. The highest BCUT2D eigenvalue weighted by Crippen LogP contribution is 2.18. The lowest BCUT2D eigenvalue weighted by Gasteiger charge is -2.34. The molecule has 1 heterocycles. The maximum atomic E-state index is 12.6. The van der Waals surface area contributed by atoms with Crippen LogP contribution in [0.3, 0.4) is 0 Å². The number of ether oxygens (including phenoxy) is 1. The summed E-state index contributed by atoms with van der Waals surface area (Å²) in [6, 6.07) is 6.09. The predicted molar refractivity (Wildman–Crippen MR) is 94.2 cm³/mol. The summed E-state index contributed by atoms with van der Waals surface area (Å²) in [6.07, 6.45) is -0.446. The number of nitrogens with two attached hydrogens (primary N) is 1. The molecule has 1 aliphatic rings. The van der Waals surface area contributed by atoms with E-state index in [0.717, 1.165) is 4.90 Å². The molecular formula is C17H22N4O5. The molecule has 0 aromatic heterocycles. The molecule has 1 aromatic rings. The highest BCUT2D eigenvalue weighted by molar-refractivity contribution is 6.45. The predicted octanol–water partition coefficient (Wildman–Crippen LogP) is 0.449. The van der Waals surface area contributed by atoms with E-state index in [1.807, 2.05) is 0 Å². The van der Waals surface area contributed by atoms with Crippen LogP contribution in [0.5, 0.6) is 0 Å². The van der Waals surface area contributed by atoms with Crippen molar-refractivity contribution in [3.63, 3.8) is 0 Å². The van der Waals surface area contributed by atoms with E-state index in [4.69, 9.17) is 10.5 Å². The van der Waals surface area contributed by atoms with Gasteiger partial charge >= 0.3 is 17.9 Å². The van der Waals surface area contributed by atoms with Gasteiger partial charge < -0.3 is 20.3 Å². The summed E-state index contributed by atoms with van der Waals surface area (Å²) in [5, 5.41) is 0. The monoisotopic (exact) mass is 362 g/mol. The SMILES string of the molecule is CCOC(=O)N1CCN(C(=O)C(=O)N(C(C)=O)c2ccc(N)cc2)CC1. The number of piperazine rings is 1. The fraction of sp³-hybridized carbons (Fsp3) is 0.412. The van der Waals surface area contributed by atoms with Crippen LogP contribution in [0.25, 0.3) is 0 Å². The van der Waals surface area contributed by atoms with Crippen molar-refractivity contribution in [2.45, 2.75) is 13.8 Å². The first kappa shape index (κ1) is 19.2. The molecule has 0 spiro atoms. The van der Waals surface area contributed by atoms with Crippen molar-refractivity contribution in [3.05, 3.63) is 24.3 Å². The molecule has 0 bridgehead atoms. The molecule has 26 heavy (non-hydrogen) atoms. The first-order chi connectivity index (χ1) is 12.3. The minimum Gasteiger partial charge on any atom is -0.450 e. The smallest absolute Gasteiger partial charge is 0.409 e. The van der Waals surface area contributed by atoms with Crippen LogP contribution in [0.15, 0.2) is 24.3 Å². The van der Waals surface area contributed by atoms with Gasteiger partial charge in [-0.3, -0.25) is 14.4 Å². The molecule has 140 valence electrons. The zero-order chi connectivity index (χ0) is 19.3. The Balaban J connectivity index is 2.06. The third kappa shape index (κ3) is 4.29. The molecule has 1 aromatic carbocycles. The number of carbonyl (C=O) groups excluding carboxylic acids is 4. The van der Waals surface area contributed by atoms with Gasteiger partial charge in [-0.25, -0.2) is 9.69 Å². The fourth-order valence-electron chi connectivity index (χ4n) is 2.60. The van der Waals surface area contributed by atoms with Crippen LogP contribution in [0.4, 0.5) is 16.2 Å². The van der Waals surface area contributed by atoms with Crippen LogP contribution in [0, 0.1) is 0 Å². The van der Waals surface area contributed by atoms with E-state index in [1.165, 1.54) is 28.9 Å². The minimum atomic E-state index is -0.938. The standard InChI is InChI=1S/C17H22N4O5/c1-3-26-17(25)20-10-8-19(9-11-20)15(23)16(24)21(12(2)22)14-6-4-13(18)5-7-14/h4-7H,3,8-11,18H2,1-2H3. The number of imide groups is 1. The average Bonchev–Trinajstić information content (AvgIpc) is 2.63. The van der Waals surface area contributed by atoms with Crippen molar-refractivity contribution >= 4 is 35.2 Å². The molecular weight excluding hydrogens is 340 g/mol. The molecule has 9 nitrogen and oxygen atoms in total. The topological polar surface area (TPSA) is 113 Å². The Labute approximate surface area is 151 Å². The van der Waals surface area contributed by atoms with E-state index in [0.29, 0.717) is 5.69 Å². The van der Waals surface area contributed by atoms with Crippen molar-refractivity contribution in [2.75, 3.05) is 43.4 Å². The minimum absolute atomic E-state index is 0.191. The maximum Gasteiger partial charge on any atom is 0.409 e. The van der Waals surface area contributed by atoms with Crippen LogP contribution in [-0.4, -0.2) is 66.4 Å². The summed E-state index contributed by atoms with van der Waals surface area (Å²) in [4.78, 5) is 52.3. The Morgan fingerprint density at radius 1 is 1.04 bits per heavy atom. The molecule has 0 radical (unpaired) electrons. The number of rotatable bonds is 2. The summed E-state index contributed by atoms with van der Waals surface area (Å²) < 4.78 is 4.92. The van der Waals surface area contributed by atoms with E-state index in [9.17, 15) is 19.2 Å². The van der Waals surface area contributed by atoms with Crippen LogP contribution >= 0.6 is 0 Å². The first-order valence-corrected chi connectivity index (χ1v) is 8.26. The molecule has 4 amide bonds. The number of nitrogens with zero attached hydrogens (tertiary/aromatic N) is 3. The lowest BCUT2D eigenvalue weighted by molar-refractivity contribution is -0.146. The molecule has 1 saturated heterocycles. The average molecular weight is 362 g/mol. The molecule has 1 aliphatic heterocycles. The number of amides is 4. The summed E-state index contributed by atoms with van der Waals surface area (Å²) in [6.45, 7) is 4.10. The summed E-state index contributed by atoms with van der Waals surface area (Å²) in [5.41, 5.74) is 6.36. The Bertz CT molecular complexity index is 696. The number of nitrogen functional groups attached to an aromatic ring is 1. The van der Waals surface area contributed by atoms with Gasteiger partial charge in [0.2, 0.25) is 5.91 Å². The molecule has 2 N–H and O–H groups in total. The van der Waals surface area contributed by atoms with Crippen LogP contribution in [0.2, 0.25) is 0 Å². The van der Waals surface area contributed by atoms with E-state index in [-0.39, 0.29) is 38.5 Å². The molecule has 2 rings (SSSR count). The maximum absolute atomic E-state index is 12.6. The second kappa shape index (κ2) is 8.32. The number of hydrogen-bond acceptors (Lipinski definition) is 6. The van der Waals surface area contributed by atoms with Crippen LogP contribution in [0.1, 0.15) is 13.8 Å². The van der Waals surface area contributed by atoms with Gasteiger partial charge in [-0.15, -0.1) is 0 Å². The number of anilines is 2. The third-order valence-electron chi connectivity index (χ3n) is 3.95. The van der Waals surface area contributed by atoms with Gasteiger partial charge in [0, 0.05) is 38.8 Å². The summed E-state index contributed by atoms with van der Waals surface area (Å²) in [7, 11) is 0. The van der Waals surface area contributed by atoms with Gasteiger partial charge in [-0.05, 0) is 31.2 Å². The third-order valence-corrected chi connectivity index (χ3v) is 3.95. The van der Waals surface area contributed by atoms with Crippen molar-refractivity contribution in [3.8, 4) is 0 Å². The van der Waals surface area contributed by atoms with Crippen molar-refractivity contribution in [1.29, 1.82) is 0 Å². The fourth-order valence-corrected chi connectivity index (χ4v) is 2.60. The highest BCUT2D eigenvalue weighted by atomic mass is 16.6. The largest absolute Gasteiger partial charge is 0.450 e. The summed E-state index contributed by atoms with van der Waals surface area (Å²) in [5.74, 6) is -2.30. The van der Waals surface area contributed by atoms with Gasteiger partial charge in [0.25, 0.3) is 0 Å². The van der Waals surface area contributed by atoms with E-state index in [2.05, 4.69) is 0 Å². The molecule has 0 aliphatic carbocycles. The molecule has 0 saturated carbocycles. The quantitative estimate of drug-likeness (QED) is 0.604. The number of hydrogen-bond donors (Lipinski definition) is 1. The lowest BCUT2D eigenvalue weighted by Crippen LogP contribution is -2.55. The second-order valence-corrected chi connectivity index (χ2v) is 5.73. The Morgan fingerprint density at radius 3 is 2.08 bits per heavy atom. The Morgan fingerprint density at radius 2 is 1.58 bits per heavy atom. The number of benzene rings is 1. The molecule has 1 fully saturated rings. The van der Waals surface area contributed by atoms with Gasteiger partial charge in [0.15, 0.2) is 0 Å². The van der Waals surface area contributed by atoms with Crippen molar-refractivity contribution in [1.82, 2.24) is 9.80 Å². The highest BCUT2D eigenvalue weighted by Gasteiger charge is 2.33. The zero-order valence-electron chi connectivity index (χ0n) is 14.8. The number of carbonyl (C=O) groups is 4. The van der Waals surface area contributed by atoms with Crippen molar-refractivity contribution in [2.24, 2.45) is 0 Å². The van der Waals surface area contributed by atoms with Gasteiger partial charge in [0.05, 0.1) is 12.3 Å². The second-order valence-electron chi connectivity index (χ2n) is 5.73. The Kier molecular flexibility index (Phi) is 6.16. The van der Waals surface area contributed by atoms with Gasteiger partial charge in [-0.1, -0.05) is 0 Å². The van der Waals surface area contributed by atoms with E-state index in [1.54, 1.807) is 19.1 Å². The normalized spacial score (nSPS) is 13.9. The molecule has 0 atom stereocenters. The van der Waals surface area contributed by atoms with Gasteiger partial charge in [-0.2, -0.15) is 0 Å². The van der Waals surface area contributed by atoms with E-state index < -0.39 is 23.8 Å². The van der Waals surface area contributed by atoms with Crippen LogP contribution < -0.4 is 10.6 Å². The first-order valence-electron chi connectivity index (χ1n) is 8.26. The zero-order valence-corrected chi connectivity index (χ0v) is 14.8. The van der Waals surface area contributed by atoms with E-state index >= 15 is 0 Å². The van der Waals surface area contributed by atoms with Gasteiger partial charge in [0.1, 0.15) is 0 Å². The van der Waals surface area contributed by atoms with Crippen LogP contribution in [-0.2, 0) is 19.1 Å². The van der Waals surface area contributed by atoms with Crippen molar-refractivity contribution < 1.29 is 23.9 Å².